The molecule has 4 N–H and O–H groups in total. The fourth-order valence-corrected chi connectivity index (χ4v) is 2.77. The summed E-state index contributed by atoms with van der Waals surface area (Å²) < 4.78 is 0. The van der Waals surface area contributed by atoms with Crippen LogP contribution in [0.2, 0.25) is 0 Å². The number of amides is 2. The lowest BCUT2D eigenvalue weighted by molar-refractivity contribution is -0.119. The fourth-order valence-electron chi connectivity index (χ4n) is 2.03. The van der Waals surface area contributed by atoms with Crippen molar-refractivity contribution in [2.45, 2.75) is 19.8 Å². The summed E-state index contributed by atoms with van der Waals surface area (Å²) in [5.74, 6) is -0.248. The molecule has 0 aliphatic carbocycles. The van der Waals surface area contributed by atoms with Crippen LogP contribution in [-0.2, 0) is 16.0 Å². The van der Waals surface area contributed by atoms with Crippen molar-refractivity contribution >= 4 is 28.3 Å². The van der Waals surface area contributed by atoms with Crippen LogP contribution in [0.3, 0.4) is 0 Å². The van der Waals surface area contributed by atoms with Crippen LogP contribution < -0.4 is 16.4 Å². The van der Waals surface area contributed by atoms with Crippen molar-refractivity contribution < 1.29 is 9.59 Å². The Morgan fingerprint density at radius 3 is 2.65 bits per heavy atom. The zero-order valence-corrected chi connectivity index (χ0v) is 13.8. The highest BCUT2D eigenvalue weighted by Gasteiger charge is 2.07. The first-order valence-electron chi connectivity index (χ1n) is 7.37. The number of nitrogens with zero attached hydrogens (tertiary/aromatic N) is 1. The Balaban J connectivity index is 1.91. The van der Waals surface area contributed by atoms with E-state index in [0.29, 0.717) is 11.7 Å². The molecular weight excluding hydrogens is 312 g/mol. The fraction of sp³-hybridized carbons (Fsp3) is 0.312. The molecule has 0 saturated heterocycles. The zero-order chi connectivity index (χ0) is 16.7. The molecule has 0 bridgehead atoms. The van der Waals surface area contributed by atoms with Crippen molar-refractivity contribution in [3.8, 4) is 11.3 Å². The van der Waals surface area contributed by atoms with Gasteiger partial charge < -0.3 is 16.4 Å². The molecule has 0 saturated carbocycles. The van der Waals surface area contributed by atoms with Gasteiger partial charge in [0.25, 0.3) is 0 Å². The molecule has 1 aromatic carbocycles. The van der Waals surface area contributed by atoms with Crippen LogP contribution in [-0.4, -0.2) is 29.9 Å². The maximum absolute atomic E-state index is 11.2. The number of carbonyl (C=O) groups is 2. The molecule has 0 aliphatic heterocycles. The van der Waals surface area contributed by atoms with Crippen LogP contribution in [0.5, 0.6) is 0 Å². The van der Waals surface area contributed by atoms with E-state index in [0.717, 1.165) is 24.1 Å². The quantitative estimate of drug-likeness (QED) is 0.673. The molecule has 23 heavy (non-hydrogen) atoms. The van der Waals surface area contributed by atoms with E-state index in [1.807, 2.05) is 17.5 Å². The summed E-state index contributed by atoms with van der Waals surface area (Å²) in [7, 11) is 0. The number of benzene rings is 1. The molecule has 1 aromatic heterocycles. The van der Waals surface area contributed by atoms with Crippen LogP contribution in [0.15, 0.2) is 29.6 Å². The first-order chi connectivity index (χ1) is 11.1. The van der Waals surface area contributed by atoms with Crippen molar-refractivity contribution in [3.05, 3.63) is 35.2 Å². The maximum atomic E-state index is 11.2. The smallest absolute Gasteiger partial charge is 0.239 e. The van der Waals surface area contributed by atoms with Crippen LogP contribution >= 0.6 is 11.3 Å². The van der Waals surface area contributed by atoms with E-state index in [1.54, 1.807) is 0 Å². The second-order valence-corrected chi connectivity index (χ2v) is 5.93. The number of hydrogen-bond acceptors (Lipinski definition) is 5. The number of nitrogens with one attached hydrogen (secondary N) is 2. The highest BCUT2D eigenvalue weighted by atomic mass is 32.1. The normalized spacial score (nSPS) is 10.3. The topological polar surface area (TPSA) is 97.1 Å². The lowest BCUT2D eigenvalue weighted by Gasteiger charge is -2.04. The van der Waals surface area contributed by atoms with Gasteiger partial charge in [0.15, 0.2) is 5.13 Å². The van der Waals surface area contributed by atoms with Gasteiger partial charge in [-0.1, -0.05) is 24.3 Å². The van der Waals surface area contributed by atoms with Crippen LogP contribution in [0.25, 0.3) is 11.3 Å². The number of carbonyl (C=O) groups excluding carboxylic acids is 2. The number of aromatic nitrogens is 1. The van der Waals surface area contributed by atoms with Crippen molar-refractivity contribution in [2.24, 2.45) is 5.73 Å². The molecular formula is C16H20N4O2S. The predicted octanol–water partition coefficient (Wildman–Crippen LogP) is 1.78. The molecule has 122 valence electrons. The standard InChI is InChI=1S/C16H20N4O2S/c1-11(21)18-8-2-3-12-4-6-13(7-5-12)14-10-23-16(19-14)20-15(22)9-17/h4-7,10H,2-3,8-9,17H2,1H3,(H,18,21)(H,19,20,22). The van der Waals surface area contributed by atoms with Crippen molar-refractivity contribution in [2.75, 3.05) is 18.4 Å². The van der Waals surface area contributed by atoms with Crippen LogP contribution in [0, 0.1) is 0 Å². The predicted molar refractivity (Wildman–Crippen MR) is 92.2 cm³/mol. The SMILES string of the molecule is CC(=O)NCCCc1ccc(-c2csc(NC(=O)CN)n2)cc1. The third kappa shape index (κ3) is 5.46. The third-order valence-corrected chi connectivity index (χ3v) is 3.96. The molecule has 6 nitrogen and oxygen atoms in total. The summed E-state index contributed by atoms with van der Waals surface area (Å²) in [4.78, 5) is 26.4. The minimum absolute atomic E-state index is 0.00131. The van der Waals surface area contributed by atoms with Crippen molar-refractivity contribution in [1.29, 1.82) is 0 Å². The summed E-state index contributed by atoms with van der Waals surface area (Å²) in [5.41, 5.74) is 8.30. The van der Waals surface area contributed by atoms with Crippen molar-refractivity contribution in [1.82, 2.24) is 10.3 Å². The number of hydrogen-bond donors (Lipinski definition) is 3. The summed E-state index contributed by atoms with van der Waals surface area (Å²) >= 11 is 1.37. The molecule has 0 aliphatic rings. The van der Waals surface area contributed by atoms with Gasteiger partial charge in [0.05, 0.1) is 12.2 Å². The molecule has 0 unspecified atom stereocenters. The highest BCUT2D eigenvalue weighted by molar-refractivity contribution is 7.14. The Labute approximate surface area is 139 Å². The average molecular weight is 332 g/mol. The Bertz CT molecular complexity index is 667. The Morgan fingerprint density at radius 1 is 1.26 bits per heavy atom. The number of rotatable bonds is 7. The van der Waals surface area contributed by atoms with Gasteiger partial charge in [-0.2, -0.15) is 0 Å². The van der Waals surface area contributed by atoms with Crippen LogP contribution in [0.1, 0.15) is 18.9 Å². The van der Waals surface area contributed by atoms with Gasteiger partial charge >= 0.3 is 0 Å². The second kappa shape index (κ2) is 8.40. The minimum Gasteiger partial charge on any atom is -0.356 e. The van der Waals surface area contributed by atoms with E-state index in [1.165, 1.54) is 23.8 Å². The lowest BCUT2D eigenvalue weighted by atomic mass is 10.1. The van der Waals surface area contributed by atoms with Gasteiger partial charge in [-0.3, -0.25) is 9.59 Å². The van der Waals surface area contributed by atoms with Crippen LogP contribution in [0.4, 0.5) is 5.13 Å². The van der Waals surface area contributed by atoms with E-state index in [-0.39, 0.29) is 18.4 Å². The Hall–Kier alpha value is -2.25. The molecule has 0 radical (unpaired) electrons. The third-order valence-electron chi connectivity index (χ3n) is 3.20. The van der Waals surface area contributed by atoms with Crippen molar-refractivity contribution in [3.63, 3.8) is 0 Å². The van der Waals surface area contributed by atoms with Gasteiger partial charge in [-0.25, -0.2) is 4.98 Å². The molecule has 2 aromatic rings. The molecule has 0 atom stereocenters. The Morgan fingerprint density at radius 2 is 2.00 bits per heavy atom. The molecule has 7 heteroatoms. The first-order valence-corrected chi connectivity index (χ1v) is 8.25. The van der Waals surface area contributed by atoms with E-state index < -0.39 is 0 Å². The molecule has 2 rings (SSSR count). The second-order valence-electron chi connectivity index (χ2n) is 5.07. The number of anilines is 1. The van der Waals surface area contributed by atoms with E-state index >= 15 is 0 Å². The number of nitrogens with two attached hydrogens (primary N) is 1. The van der Waals surface area contributed by atoms with Gasteiger partial charge in [0, 0.05) is 24.4 Å². The lowest BCUT2D eigenvalue weighted by Crippen LogP contribution is -2.21. The monoisotopic (exact) mass is 332 g/mol. The largest absolute Gasteiger partial charge is 0.356 e. The van der Waals surface area contributed by atoms with Gasteiger partial charge in [-0.05, 0) is 18.4 Å². The highest BCUT2D eigenvalue weighted by Crippen LogP contribution is 2.25. The Kier molecular flexibility index (Phi) is 6.25. The summed E-state index contributed by atoms with van der Waals surface area (Å²) in [6.07, 6.45) is 1.82. The number of thiazole rings is 1. The molecule has 2 amide bonds. The summed E-state index contributed by atoms with van der Waals surface area (Å²) in [5, 5.41) is 7.88. The average Bonchev–Trinajstić information content (AvgIpc) is 3.00. The first kappa shape index (κ1) is 17.1. The van der Waals surface area contributed by atoms with E-state index in [2.05, 4.69) is 27.8 Å². The summed E-state index contributed by atoms with van der Waals surface area (Å²) in [6.45, 7) is 2.16. The van der Waals surface area contributed by atoms with Gasteiger partial charge in [0.2, 0.25) is 11.8 Å². The van der Waals surface area contributed by atoms with E-state index in [4.69, 9.17) is 5.73 Å². The van der Waals surface area contributed by atoms with Gasteiger partial charge in [-0.15, -0.1) is 11.3 Å². The minimum atomic E-state index is -0.250. The number of aryl methyl sites for hydroxylation is 1. The van der Waals surface area contributed by atoms with Gasteiger partial charge in [0.1, 0.15) is 0 Å². The molecule has 0 fully saturated rings. The zero-order valence-electron chi connectivity index (χ0n) is 13.0. The molecule has 0 spiro atoms. The summed E-state index contributed by atoms with van der Waals surface area (Å²) in [6, 6.07) is 8.13. The maximum Gasteiger partial charge on any atom is 0.239 e. The van der Waals surface area contributed by atoms with E-state index in [9.17, 15) is 9.59 Å². The molecule has 1 heterocycles.